The Kier molecular flexibility index (Phi) is 12.1. The number of hydrogen-bond donors (Lipinski definition) is 0. The number of hydrogen-bond acceptors (Lipinski definition) is 8. The molecule has 0 atom stereocenters. The van der Waals surface area contributed by atoms with Crippen molar-refractivity contribution in [2.75, 3.05) is 0 Å². The molecule has 0 aromatic heterocycles. The molecule has 0 saturated heterocycles. The number of benzene rings is 1. The van der Waals surface area contributed by atoms with Gasteiger partial charge < -0.3 is 0 Å². The number of rotatable bonds is 11. The predicted octanol–water partition coefficient (Wildman–Crippen LogP) is 7.36. The average Bonchev–Trinajstić information content (AvgIpc) is 2.97. The maximum absolute atomic E-state index is 13.2. The second-order valence-corrected chi connectivity index (χ2v) is 15.9. The van der Waals surface area contributed by atoms with Gasteiger partial charge in [-0.1, -0.05) is 0 Å². The van der Waals surface area contributed by atoms with Crippen LogP contribution in [0.15, 0.2) is 30.3 Å². The van der Waals surface area contributed by atoms with Crippen molar-refractivity contribution in [1.82, 2.24) is 0 Å². The van der Waals surface area contributed by atoms with E-state index in [-0.39, 0.29) is 47.9 Å². The molecule has 8 nitrogen and oxygen atoms in total. The minimum atomic E-state index is -3.07. The summed E-state index contributed by atoms with van der Waals surface area (Å²) in [4.78, 5) is 51.3. The summed E-state index contributed by atoms with van der Waals surface area (Å²) in [7, 11) is 0. The summed E-state index contributed by atoms with van der Waals surface area (Å²) in [5.41, 5.74) is -1.05. The molecule has 0 amide bonds. The van der Waals surface area contributed by atoms with Crippen LogP contribution in [-0.4, -0.2) is 36.1 Å². The first-order valence-electron chi connectivity index (χ1n) is 15.0. The Hall–Kier alpha value is -2.17. The van der Waals surface area contributed by atoms with E-state index in [1.165, 1.54) is 0 Å². The summed E-state index contributed by atoms with van der Waals surface area (Å²) in [6.45, 7) is 11.4. The molecule has 2 aliphatic rings. The van der Waals surface area contributed by atoms with Gasteiger partial charge in [0.25, 0.3) is 0 Å². The Balaban J connectivity index is 1.54. The Morgan fingerprint density at radius 1 is 0.659 bits per heavy atom. The number of halogens is 1. The van der Waals surface area contributed by atoms with E-state index in [2.05, 4.69) is 0 Å². The molecule has 0 N–H and O–H groups in total. The normalized spacial score (nSPS) is 23.6. The van der Waals surface area contributed by atoms with Gasteiger partial charge in [0.1, 0.15) is 0 Å². The standard InChI is InChI=1S/C32H47IO8/c1-7-31(3,4)29(36)38-25-18-14-22(15-19-25)27(34)40-33(24-12-10-9-11-13-24)41-28(35)23-16-20-26(21-17-23)39-30(37)32(5,6)8-2/h9-13,22-23,25-26H,7-8,14-21H2,1-6H3. The molecule has 0 heterocycles. The maximum atomic E-state index is 13.2. The quantitative estimate of drug-likeness (QED) is 0.176. The molecule has 41 heavy (non-hydrogen) atoms. The molecule has 0 bridgehead atoms. The molecular weight excluding hydrogens is 639 g/mol. The van der Waals surface area contributed by atoms with Crippen LogP contribution in [0.2, 0.25) is 0 Å². The number of ether oxygens (including phenoxy) is 2. The van der Waals surface area contributed by atoms with Crippen molar-refractivity contribution in [1.29, 1.82) is 0 Å². The summed E-state index contributed by atoms with van der Waals surface area (Å²) >= 11 is -3.07. The van der Waals surface area contributed by atoms with Crippen molar-refractivity contribution >= 4 is 44.5 Å². The van der Waals surface area contributed by atoms with Crippen LogP contribution in [0.4, 0.5) is 0 Å². The van der Waals surface area contributed by atoms with Gasteiger partial charge in [0.05, 0.1) is 0 Å². The summed E-state index contributed by atoms with van der Waals surface area (Å²) in [5.74, 6) is -1.73. The fourth-order valence-electron chi connectivity index (χ4n) is 4.63. The van der Waals surface area contributed by atoms with Crippen molar-refractivity contribution in [3.63, 3.8) is 0 Å². The first-order valence-corrected chi connectivity index (χ1v) is 17.8. The molecule has 0 unspecified atom stereocenters. The molecule has 0 spiro atoms. The van der Waals surface area contributed by atoms with Crippen molar-refractivity contribution in [3.8, 4) is 0 Å². The number of carbonyl (C=O) groups excluding carboxylic acids is 4. The van der Waals surface area contributed by atoms with E-state index in [1.807, 2.05) is 71.9 Å². The molecule has 2 aliphatic carbocycles. The van der Waals surface area contributed by atoms with E-state index in [0.29, 0.717) is 64.2 Å². The summed E-state index contributed by atoms with van der Waals surface area (Å²) in [5, 5.41) is 0. The molecular formula is C32H47IO8. The third-order valence-electron chi connectivity index (χ3n) is 8.64. The van der Waals surface area contributed by atoms with Gasteiger partial charge in [-0.15, -0.1) is 0 Å². The zero-order valence-electron chi connectivity index (χ0n) is 25.4. The second-order valence-electron chi connectivity index (χ2n) is 12.5. The van der Waals surface area contributed by atoms with Gasteiger partial charge in [-0.25, -0.2) is 0 Å². The van der Waals surface area contributed by atoms with Crippen LogP contribution >= 0.6 is 20.6 Å². The monoisotopic (exact) mass is 686 g/mol. The molecule has 1 aromatic carbocycles. The third-order valence-corrected chi connectivity index (χ3v) is 12.0. The van der Waals surface area contributed by atoms with E-state index >= 15 is 0 Å². The van der Waals surface area contributed by atoms with Crippen LogP contribution < -0.4 is 0 Å². The first-order chi connectivity index (χ1) is 19.4. The Morgan fingerprint density at radius 2 is 1.02 bits per heavy atom. The predicted molar refractivity (Wildman–Crippen MR) is 163 cm³/mol. The van der Waals surface area contributed by atoms with Crippen molar-refractivity contribution < 1.29 is 34.8 Å². The van der Waals surface area contributed by atoms with Crippen LogP contribution in [0.25, 0.3) is 0 Å². The number of carbonyl (C=O) groups is 4. The van der Waals surface area contributed by atoms with Gasteiger partial charge in [-0.05, 0) is 0 Å². The van der Waals surface area contributed by atoms with E-state index in [9.17, 15) is 19.2 Å². The van der Waals surface area contributed by atoms with E-state index in [1.54, 1.807) is 0 Å². The third kappa shape index (κ3) is 9.41. The van der Waals surface area contributed by atoms with E-state index < -0.39 is 31.5 Å². The zero-order chi connectivity index (χ0) is 30.2. The molecule has 1 aromatic rings. The molecule has 230 valence electrons. The van der Waals surface area contributed by atoms with Crippen LogP contribution in [0.5, 0.6) is 0 Å². The molecule has 2 saturated carbocycles. The topological polar surface area (TPSA) is 105 Å². The average molecular weight is 687 g/mol. The second kappa shape index (κ2) is 14.8. The minimum absolute atomic E-state index is 0.193. The summed E-state index contributed by atoms with van der Waals surface area (Å²) in [6.07, 6.45) is 5.68. The van der Waals surface area contributed by atoms with Crippen molar-refractivity contribution in [3.05, 3.63) is 33.9 Å². The fourth-order valence-corrected chi connectivity index (χ4v) is 7.74. The Labute approximate surface area is 253 Å². The Bertz CT molecular complexity index is 973. The van der Waals surface area contributed by atoms with Crippen LogP contribution in [0.3, 0.4) is 0 Å². The summed E-state index contributed by atoms with van der Waals surface area (Å²) < 4.78 is 24.1. The van der Waals surface area contributed by atoms with Gasteiger partial charge >= 0.3 is 254 Å². The van der Waals surface area contributed by atoms with Crippen LogP contribution in [0, 0.1) is 26.2 Å². The van der Waals surface area contributed by atoms with Crippen LogP contribution in [-0.2, 0) is 34.8 Å². The number of esters is 2. The molecule has 9 heteroatoms. The summed E-state index contributed by atoms with van der Waals surface area (Å²) in [6, 6.07) is 9.23. The fraction of sp³-hybridized carbons (Fsp3) is 0.688. The molecule has 0 radical (unpaired) electrons. The zero-order valence-corrected chi connectivity index (χ0v) is 27.6. The van der Waals surface area contributed by atoms with Gasteiger partial charge in [0.15, 0.2) is 0 Å². The molecule has 0 aliphatic heterocycles. The van der Waals surface area contributed by atoms with Crippen molar-refractivity contribution in [2.24, 2.45) is 22.7 Å². The van der Waals surface area contributed by atoms with E-state index in [4.69, 9.17) is 15.6 Å². The van der Waals surface area contributed by atoms with Crippen LogP contribution in [0.1, 0.15) is 106 Å². The molecule has 3 rings (SSSR count). The van der Waals surface area contributed by atoms with Gasteiger partial charge in [0.2, 0.25) is 0 Å². The van der Waals surface area contributed by atoms with Gasteiger partial charge in [-0.3, -0.25) is 0 Å². The van der Waals surface area contributed by atoms with E-state index in [0.717, 1.165) is 3.57 Å². The first kappa shape index (κ1) is 33.3. The van der Waals surface area contributed by atoms with Gasteiger partial charge in [-0.2, -0.15) is 0 Å². The SMILES string of the molecule is CCC(C)(C)C(=O)OC1CCC(C(=O)OI(OC(=O)C2CCC(OC(=O)C(C)(C)CC)CC2)c2ccccc2)CC1. The van der Waals surface area contributed by atoms with Gasteiger partial charge in [0, 0.05) is 0 Å². The molecule has 2 fully saturated rings. The Morgan fingerprint density at radius 3 is 1.37 bits per heavy atom. The van der Waals surface area contributed by atoms with Crippen molar-refractivity contribution in [2.45, 2.75) is 118 Å².